The van der Waals surface area contributed by atoms with Gasteiger partial charge >= 0.3 is 0 Å². The monoisotopic (exact) mass is 305 g/mol. The summed E-state index contributed by atoms with van der Waals surface area (Å²) in [4.78, 5) is 0.365. The van der Waals surface area contributed by atoms with Crippen LogP contribution in [0.5, 0.6) is 0 Å². The third-order valence-corrected chi connectivity index (χ3v) is 6.06. The lowest BCUT2D eigenvalue weighted by atomic mass is 10.1. The molecule has 0 N–H and O–H groups in total. The summed E-state index contributed by atoms with van der Waals surface area (Å²) >= 11 is 0. The number of furan rings is 1. The fraction of sp³-hybridized carbons (Fsp3) is 0.375. The quantitative estimate of drug-likeness (QED) is 0.873. The Morgan fingerprint density at radius 2 is 2.00 bits per heavy atom. The van der Waals surface area contributed by atoms with Crippen LogP contribution in [-0.2, 0) is 10.0 Å². The van der Waals surface area contributed by atoms with Gasteiger partial charge in [0, 0.05) is 6.54 Å². The predicted molar refractivity (Wildman–Crippen MR) is 80.5 cm³/mol. The van der Waals surface area contributed by atoms with Gasteiger partial charge in [0.15, 0.2) is 0 Å². The second kappa shape index (κ2) is 5.31. The maximum absolute atomic E-state index is 12.9. The van der Waals surface area contributed by atoms with Crippen molar-refractivity contribution in [3.63, 3.8) is 0 Å². The van der Waals surface area contributed by atoms with Gasteiger partial charge in [-0.25, -0.2) is 8.42 Å². The van der Waals surface area contributed by atoms with Gasteiger partial charge in [0.2, 0.25) is 10.0 Å². The molecule has 0 aliphatic carbocycles. The first-order chi connectivity index (χ1) is 10.00. The van der Waals surface area contributed by atoms with Crippen LogP contribution in [0.1, 0.15) is 35.8 Å². The molecule has 1 aromatic heterocycles. The van der Waals surface area contributed by atoms with Crippen molar-refractivity contribution in [2.45, 2.75) is 37.6 Å². The minimum atomic E-state index is -3.48. The van der Waals surface area contributed by atoms with E-state index in [1.807, 2.05) is 26.0 Å². The number of rotatable bonds is 3. The summed E-state index contributed by atoms with van der Waals surface area (Å²) in [6.07, 6.45) is 3.25. The highest BCUT2D eigenvalue weighted by molar-refractivity contribution is 7.89. The van der Waals surface area contributed by atoms with Crippen LogP contribution in [0, 0.1) is 13.8 Å². The summed E-state index contributed by atoms with van der Waals surface area (Å²) in [5.74, 6) is 0.722. The van der Waals surface area contributed by atoms with E-state index in [9.17, 15) is 8.42 Å². The zero-order chi connectivity index (χ0) is 15.0. The number of nitrogens with zero attached hydrogens (tertiary/aromatic N) is 1. The Morgan fingerprint density at radius 1 is 1.19 bits per heavy atom. The molecule has 112 valence electrons. The molecule has 2 heterocycles. The molecule has 0 bridgehead atoms. The molecule has 1 atom stereocenters. The van der Waals surface area contributed by atoms with E-state index in [0.29, 0.717) is 11.4 Å². The third-order valence-electron chi connectivity index (χ3n) is 4.16. The number of hydrogen-bond acceptors (Lipinski definition) is 3. The van der Waals surface area contributed by atoms with Crippen LogP contribution in [0.25, 0.3) is 0 Å². The van der Waals surface area contributed by atoms with Crippen LogP contribution in [0.2, 0.25) is 0 Å². The molecule has 0 spiro atoms. The minimum absolute atomic E-state index is 0.188. The number of benzene rings is 1. The summed E-state index contributed by atoms with van der Waals surface area (Å²) in [6, 6.07) is 8.76. The molecule has 2 aromatic rings. The van der Waals surface area contributed by atoms with Crippen molar-refractivity contribution >= 4 is 10.0 Å². The fourth-order valence-corrected chi connectivity index (χ4v) is 4.55. The van der Waals surface area contributed by atoms with E-state index in [1.54, 1.807) is 28.8 Å². The Kier molecular flexibility index (Phi) is 3.63. The molecular formula is C16H19NO3S. The fourth-order valence-electron chi connectivity index (χ4n) is 2.80. The van der Waals surface area contributed by atoms with Crippen molar-refractivity contribution in [3.8, 4) is 0 Å². The van der Waals surface area contributed by atoms with E-state index in [-0.39, 0.29) is 6.04 Å². The second-order valence-corrected chi connectivity index (χ2v) is 7.43. The lowest BCUT2D eigenvalue weighted by molar-refractivity contribution is 0.340. The Hall–Kier alpha value is -1.59. The number of aryl methyl sites for hydroxylation is 2. The van der Waals surface area contributed by atoms with E-state index < -0.39 is 10.0 Å². The van der Waals surface area contributed by atoms with Crippen molar-refractivity contribution in [2.75, 3.05) is 6.54 Å². The Labute approximate surface area is 125 Å². The Balaban J connectivity index is 1.99. The lowest BCUT2D eigenvalue weighted by Gasteiger charge is -2.23. The number of sulfonamides is 1. The molecule has 0 saturated carbocycles. The van der Waals surface area contributed by atoms with Crippen molar-refractivity contribution in [2.24, 2.45) is 0 Å². The topological polar surface area (TPSA) is 50.5 Å². The van der Waals surface area contributed by atoms with Crippen molar-refractivity contribution in [3.05, 3.63) is 53.5 Å². The SMILES string of the molecule is Cc1ccc(S(=O)(=O)N2CCC[C@H]2c2ccco2)cc1C. The average Bonchev–Trinajstić information content (AvgIpc) is 3.11. The molecule has 3 rings (SSSR count). The van der Waals surface area contributed by atoms with Crippen molar-refractivity contribution in [1.82, 2.24) is 4.31 Å². The summed E-state index contributed by atoms with van der Waals surface area (Å²) in [7, 11) is -3.48. The predicted octanol–water partition coefficient (Wildman–Crippen LogP) is 3.42. The van der Waals surface area contributed by atoms with E-state index in [1.165, 1.54) is 0 Å². The number of hydrogen-bond donors (Lipinski definition) is 0. The maximum Gasteiger partial charge on any atom is 0.243 e. The third kappa shape index (κ3) is 2.51. The van der Waals surface area contributed by atoms with Crippen molar-refractivity contribution in [1.29, 1.82) is 0 Å². The van der Waals surface area contributed by atoms with Crippen LogP contribution in [0.15, 0.2) is 45.9 Å². The molecule has 1 aromatic carbocycles. The highest BCUT2D eigenvalue weighted by Gasteiger charge is 2.37. The Bertz CT molecular complexity index is 735. The largest absolute Gasteiger partial charge is 0.468 e. The molecule has 1 aliphatic rings. The molecule has 1 fully saturated rings. The smallest absolute Gasteiger partial charge is 0.243 e. The maximum atomic E-state index is 12.9. The summed E-state index contributed by atoms with van der Waals surface area (Å²) < 4.78 is 32.8. The van der Waals surface area contributed by atoms with Gasteiger partial charge in [0.05, 0.1) is 17.2 Å². The van der Waals surface area contributed by atoms with Gasteiger partial charge in [-0.15, -0.1) is 0 Å². The Morgan fingerprint density at radius 3 is 2.67 bits per heavy atom. The molecule has 5 heteroatoms. The summed E-state index contributed by atoms with van der Waals surface area (Å²) in [5.41, 5.74) is 2.09. The van der Waals surface area contributed by atoms with Crippen LogP contribution >= 0.6 is 0 Å². The van der Waals surface area contributed by atoms with Crippen LogP contribution < -0.4 is 0 Å². The first-order valence-corrected chi connectivity index (χ1v) is 8.56. The molecule has 1 aliphatic heterocycles. The van der Waals surface area contributed by atoms with Gasteiger partial charge in [-0.3, -0.25) is 0 Å². The van der Waals surface area contributed by atoms with Gasteiger partial charge in [-0.1, -0.05) is 6.07 Å². The molecule has 0 radical (unpaired) electrons. The molecule has 0 unspecified atom stereocenters. The average molecular weight is 305 g/mol. The highest BCUT2D eigenvalue weighted by atomic mass is 32.2. The zero-order valence-corrected chi connectivity index (χ0v) is 13.1. The van der Waals surface area contributed by atoms with Gasteiger partial charge in [0.1, 0.15) is 5.76 Å². The van der Waals surface area contributed by atoms with E-state index in [4.69, 9.17) is 4.42 Å². The van der Waals surface area contributed by atoms with Gasteiger partial charge in [-0.2, -0.15) is 4.31 Å². The first-order valence-electron chi connectivity index (χ1n) is 7.12. The van der Waals surface area contributed by atoms with E-state index in [0.717, 1.165) is 29.7 Å². The van der Waals surface area contributed by atoms with Crippen molar-refractivity contribution < 1.29 is 12.8 Å². The molecule has 1 saturated heterocycles. The minimum Gasteiger partial charge on any atom is -0.468 e. The van der Waals surface area contributed by atoms with Crippen LogP contribution in [-0.4, -0.2) is 19.3 Å². The van der Waals surface area contributed by atoms with E-state index in [2.05, 4.69) is 0 Å². The molecule has 4 nitrogen and oxygen atoms in total. The molecular weight excluding hydrogens is 286 g/mol. The normalized spacial score (nSPS) is 20.0. The standard InChI is InChI=1S/C16H19NO3S/c1-12-7-8-14(11-13(12)2)21(18,19)17-9-3-5-15(17)16-6-4-10-20-16/h4,6-8,10-11,15H,3,5,9H2,1-2H3/t15-/m0/s1. The van der Waals surface area contributed by atoms with Gasteiger partial charge in [0.25, 0.3) is 0 Å². The van der Waals surface area contributed by atoms with E-state index >= 15 is 0 Å². The lowest BCUT2D eigenvalue weighted by Crippen LogP contribution is -2.30. The summed E-state index contributed by atoms with van der Waals surface area (Å²) in [5, 5.41) is 0. The first kappa shape index (κ1) is 14.4. The summed E-state index contributed by atoms with van der Waals surface area (Å²) in [6.45, 7) is 4.45. The van der Waals surface area contributed by atoms with Gasteiger partial charge < -0.3 is 4.42 Å². The van der Waals surface area contributed by atoms with Crippen LogP contribution in [0.4, 0.5) is 0 Å². The molecule has 21 heavy (non-hydrogen) atoms. The zero-order valence-electron chi connectivity index (χ0n) is 12.2. The highest BCUT2D eigenvalue weighted by Crippen LogP contribution is 2.36. The molecule has 0 amide bonds. The van der Waals surface area contributed by atoms with Crippen LogP contribution in [0.3, 0.4) is 0 Å². The van der Waals surface area contributed by atoms with Gasteiger partial charge in [-0.05, 0) is 62.1 Å². The second-order valence-electron chi connectivity index (χ2n) is 5.54.